The minimum absolute atomic E-state index is 0.0324. The molecule has 0 spiro atoms. The maximum atomic E-state index is 13.2. The number of aromatic nitrogens is 1. The van der Waals surface area contributed by atoms with Gasteiger partial charge in [0.2, 0.25) is 0 Å². The number of nitrogens with zero attached hydrogens (tertiary/aromatic N) is 2. The minimum atomic E-state index is -0.0324. The smallest absolute Gasteiger partial charge is 0.266 e. The second-order valence-electron chi connectivity index (χ2n) is 8.64. The highest BCUT2D eigenvalue weighted by Gasteiger charge is 2.31. The van der Waals surface area contributed by atoms with Crippen LogP contribution in [0, 0.1) is 0 Å². The van der Waals surface area contributed by atoms with Gasteiger partial charge in [-0.05, 0) is 54.8 Å². The van der Waals surface area contributed by atoms with Crippen molar-refractivity contribution in [3.05, 3.63) is 105 Å². The van der Waals surface area contributed by atoms with Gasteiger partial charge in [0.05, 0.1) is 16.5 Å². The molecule has 1 aromatic heterocycles. The molecule has 0 unspecified atom stereocenters. The summed E-state index contributed by atoms with van der Waals surface area (Å²) >= 11 is 16.7. The maximum absolute atomic E-state index is 13.2. The van der Waals surface area contributed by atoms with Gasteiger partial charge in [-0.1, -0.05) is 94.0 Å². The molecule has 0 aliphatic carbocycles. The van der Waals surface area contributed by atoms with Crippen molar-refractivity contribution in [1.82, 2.24) is 9.47 Å². The van der Waals surface area contributed by atoms with Crippen LogP contribution < -0.4 is 4.74 Å². The molecule has 2 heterocycles. The lowest BCUT2D eigenvalue weighted by Gasteiger charge is -2.14. The molecule has 8 heteroatoms. The van der Waals surface area contributed by atoms with E-state index in [1.54, 1.807) is 4.90 Å². The van der Waals surface area contributed by atoms with Crippen molar-refractivity contribution in [1.29, 1.82) is 0 Å². The Kier molecular flexibility index (Phi) is 8.35. The predicted octanol–water partition coefficient (Wildman–Crippen LogP) is 7.97. The Labute approximate surface area is 239 Å². The van der Waals surface area contributed by atoms with Gasteiger partial charge in [0.15, 0.2) is 0 Å². The first-order valence-electron chi connectivity index (χ1n) is 11.9. The zero-order valence-electron chi connectivity index (χ0n) is 19.9. The molecule has 1 aliphatic rings. The van der Waals surface area contributed by atoms with Gasteiger partial charge in [0, 0.05) is 40.2 Å². The Hall–Kier alpha value is -2.58. The predicted molar refractivity (Wildman–Crippen MR) is 161 cm³/mol. The number of ether oxygens (including phenoxy) is 1. The fourth-order valence-electron chi connectivity index (χ4n) is 4.30. The Morgan fingerprint density at radius 2 is 1.81 bits per heavy atom. The van der Waals surface area contributed by atoms with E-state index in [4.69, 9.17) is 28.6 Å². The van der Waals surface area contributed by atoms with Crippen molar-refractivity contribution in [2.45, 2.75) is 19.4 Å². The SMILES string of the molecule is O=C1/C(=C/c2cn(CCCOc3ccccc3Cl)c3ccc(Br)cc23)SC(=S)N1CCc1ccccc1. The number of aryl methyl sites for hydroxylation is 1. The first kappa shape index (κ1) is 26.0. The lowest BCUT2D eigenvalue weighted by molar-refractivity contribution is -0.122. The van der Waals surface area contributed by atoms with Crippen LogP contribution in [0.4, 0.5) is 0 Å². The summed E-state index contributed by atoms with van der Waals surface area (Å²) in [6.07, 6.45) is 5.64. The number of benzene rings is 3. The molecular formula is C29H24BrClN2O2S2. The number of para-hydroxylation sites is 1. The van der Waals surface area contributed by atoms with E-state index in [0.717, 1.165) is 40.3 Å². The molecule has 0 saturated carbocycles. The van der Waals surface area contributed by atoms with Crippen LogP contribution in [0.25, 0.3) is 17.0 Å². The van der Waals surface area contributed by atoms with E-state index in [2.05, 4.69) is 51.0 Å². The largest absolute Gasteiger partial charge is 0.492 e. The molecule has 3 aromatic carbocycles. The van der Waals surface area contributed by atoms with Gasteiger partial charge in [-0.25, -0.2) is 0 Å². The van der Waals surface area contributed by atoms with Crippen LogP contribution >= 0.6 is 51.5 Å². The van der Waals surface area contributed by atoms with Gasteiger partial charge < -0.3 is 9.30 Å². The van der Waals surface area contributed by atoms with Gasteiger partial charge in [0.25, 0.3) is 5.91 Å². The highest BCUT2D eigenvalue weighted by Crippen LogP contribution is 2.35. The van der Waals surface area contributed by atoms with Crippen LogP contribution in [0.1, 0.15) is 17.5 Å². The topological polar surface area (TPSA) is 34.5 Å². The van der Waals surface area contributed by atoms with E-state index in [9.17, 15) is 4.79 Å². The number of hydrogen-bond donors (Lipinski definition) is 0. The van der Waals surface area contributed by atoms with Crippen molar-refractivity contribution in [3.63, 3.8) is 0 Å². The molecule has 1 amide bonds. The number of thioether (sulfide) groups is 1. The Morgan fingerprint density at radius 1 is 1.03 bits per heavy atom. The average Bonchev–Trinajstić information content (AvgIpc) is 3.37. The fourth-order valence-corrected chi connectivity index (χ4v) is 6.15. The molecule has 1 fully saturated rings. The Bertz CT molecular complexity index is 1490. The van der Waals surface area contributed by atoms with Gasteiger partial charge >= 0.3 is 0 Å². The van der Waals surface area contributed by atoms with E-state index in [1.807, 2.05) is 54.6 Å². The molecule has 0 N–H and O–H groups in total. The highest BCUT2D eigenvalue weighted by molar-refractivity contribution is 9.10. The van der Waals surface area contributed by atoms with E-state index in [-0.39, 0.29) is 5.91 Å². The van der Waals surface area contributed by atoms with E-state index in [1.165, 1.54) is 17.3 Å². The van der Waals surface area contributed by atoms with Crippen LogP contribution in [-0.2, 0) is 17.8 Å². The number of thiocarbonyl (C=S) groups is 1. The molecule has 188 valence electrons. The summed E-state index contributed by atoms with van der Waals surface area (Å²) in [6.45, 7) is 1.90. The second-order valence-corrected chi connectivity index (χ2v) is 11.6. The molecule has 1 saturated heterocycles. The normalized spacial score (nSPS) is 14.8. The van der Waals surface area contributed by atoms with Crippen LogP contribution in [0.2, 0.25) is 5.02 Å². The third-order valence-electron chi connectivity index (χ3n) is 6.14. The third kappa shape index (κ3) is 6.12. The molecule has 1 aliphatic heterocycles. The zero-order chi connectivity index (χ0) is 25.8. The van der Waals surface area contributed by atoms with E-state index in [0.29, 0.717) is 33.1 Å². The van der Waals surface area contributed by atoms with Crippen molar-refractivity contribution in [2.75, 3.05) is 13.2 Å². The van der Waals surface area contributed by atoms with E-state index < -0.39 is 0 Å². The molecule has 5 rings (SSSR count). The fraction of sp³-hybridized carbons (Fsp3) is 0.172. The van der Waals surface area contributed by atoms with Crippen molar-refractivity contribution >= 4 is 78.7 Å². The number of carbonyl (C=O) groups is 1. The first-order valence-corrected chi connectivity index (χ1v) is 14.3. The molecule has 0 bridgehead atoms. The molecule has 4 nitrogen and oxygen atoms in total. The number of hydrogen-bond acceptors (Lipinski definition) is 4. The van der Waals surface area contributed by atoms with Crippen LogP contribution in [0.5, 0.6) is 5.75 Å². The molecule has 0 atom stereocenters. The average molecular weight is 612 g/mol. The summed E-state index contributed by atoms with van der Waals surface area (Å²) in [5.74, 6) is 0.662. The summed E-state index contributed by atoms with van der Waals surface area (Å²) < 4.78 is 9.67. The monoisotopic (exact) mass is 610 g/mol. The van der Waals surface area contributed by atoms with Crippen LogP contribution in [-0.4, -0.2) is 32.8 Å². The Balaban J connectivity index is 1.31. The van der Waals surface area contributed by atoms with Crippen LogP contribution in [0.15, 0.2) is 88.4 Å². The van der Waals surface area contributed by atoms with E-state index >= 15 is 0 Å². The highest BCUT2D eigenvalue weighted by atomic mass is 79.9. The summed E-state index contributed by atoms with van der Waals surface area (Å²) in [7, 11) is 0. The second kappa shape index (κ2) is 11.9. The summed E-state index contributed by atoms with van der Waals surface area (Å²) in [5.41, 5.74) is 3.28. The summed E-state index contributed by atoms with van der Waals surface area (Å²) in [6, 6.07) is 23.9. The number of fused-ring (bicyclic) bond motifs is 1. The minimum Gasteiger partial charge on any atom is -0.492 e. The van der Waals surface area contributed by atoms with Crippen molar-refractivity contribution in [2.24, 2.45) is 0 Å². The Morgan fingerprint density at radius 3 is 2.62 bits per heavy atom. The number of carbonyl (C=O) groups excluding carboxylic acids is 1. The lowest BCUT2D eigenvalue weighted by Crippen LogP contribution is -2.30. The summed E-state index contributed by atoms with van der Waals surface area (Å²) in [5, 5.41) is 1.69. The quantitative estimate of drug-likeness (QED) is 0.109. The van der Waals surface area contributed by atoms with Crippen molar-refractivity contribution in [3.8, 4) is 5.75 Å². The number of rotatable bonds is 9. The van der Waals surface area contributed by atoms with Crippen LogP contribution in [0.3, 0.4) is 0 Å². The molecule has 37 heavy (non-hydrogen) atoms. The summed E-state index contributed by atoms with van der Waals surface area (Å²) in [4.78, 5) is 15.6. The maximum Gasteiger partial charge on any atom is 0.266 e. The van der Waals surface area contributed by atoms with Gasteiger partial charge in [-0.2, -0.15) is 0 Å². The standard InChI is InChI=1S/C29H24BrClN2O2S2/c30-22-11-12-25-23(18-22)21(19-32(25)14-6-16-35-26-10-5-4-9-24(26)31)17-27-28(34)33(29(36)37-27)15-13-20-7-2-1-3-8-20/h1-5,7-12,17-19H,6,13-16H2/b27-17-. The zero-order valence-corrected chi connectivity index (χ0v) is 23.9. The van der Waals surface area contributed by atoms with Gasteiger partial charge in [-0.15, -0.1) is 0 Å². The van der Waals surface area contributed by atoms with Gasteiger partial charge in [-0.3, -0.25) is 9.69 Å². The first-order chi connectivity index (χ1) is 18.0. The molecule has 4 aromatic rings. The number of halogens is 2. The lowest BCUT2D eigenvalue weighted by atomic mass is 10.1. The molecule has 0 radical (unpaired) electrons. The third-order valence-corrected chi connectivity index (χ3v) is 8.32. The van der Waals surface area contributed by atoms with Gasteiger partial charge in [0.1, 0.15) is 10.1 Å². The number of amides is 1. The van der Waals surface area contributed by atoms with Crippen molar-refractivity contribution < 1.29 is 9.53 Å². The molecular weight excluding hydrogens is 588 g/mol.